The van der Waals surface area contributed by atoms with E-state index in [2.05, 4.69) is 10.3 Å². The lowest BCUT2D eigenvalue weighted by molar-refractivity contribution is -0.116. The Bertz CT molecular complexity index is 1510. The molecule has 1 aliphatic carbocycles. The summed E-state index contributed by atoms with van der Waals surface area (Å²) in [6.07, 6.45) is 3.25. The first-order valence-corrected chi connectivity index (χ1v) is 11.9. The number of aromatic amines is 1. The van der Waals surface area contributed by atoms with E-state index >= 15 is 0 Å². The predicted molar refractivity (Wildman–Crippen MR) is 141 cm³/mol. The summed E-state index contributed by atoms with van der Waals surface area (Å²) >= 11 is 0. The number of nitrogens with one attached hydrogen (secondary N) is 2. The van der Waals surface area contributed by atoms with Crippen LogP contribution in [0.3, 0.4) is 0 Å². The van der Waals surface area contributed by atoms with Crippen molar-refractivity contribution in [2.75, 3.05) is 33.3 Å². The molecule has 1 aliphatic rings. The molecule has 190 valence electrons. The first-order chi connectivity index (χ1) is 18.0. The molecule has 0 saturated heterocycles. The fourth-order valence-corrected chi connectivity index (χ4v) is 4.57. The van der Waals surface area contributed by atoms with Crippen LogP contribution < -0.4 is 19.5 Å². The van der Waals surface area contributed by atoms with Gasteiger partial charge in [-0.2, -0.15) is 0 Å². The third-order valence-corrected chi connectivity index (χ3v) is 6.38. The van der Waals surface area contributed by atoms with E-state index in [9.17, 15) is 9.59 Å². The van der Waals surface area contributed by atoms with E-state index in [4.69, 9.17) is 23.9 Å². The van der Waals surface area contributed by atoms with Crippen LogP contribution in [0.1, 0.15) is 19.3 Å². The molecule has 0 fully saturated rings. The normalized spacial score (nSPS) is 13.4. The second-order valence-electron chi connectivity index (χ2n) is 8.61. The Balaban J connectivity index is 1.56. The topological polar surface area (TPSA) is 112 Å². The highest BCUT2D eigenvalue weighted by Crippen LogP contribution is 2.43. The van der Waals surface area contributed by atoms with E-state index < -0.39 is 6.09 Å². The molecular weight excluding hydrogens is 474 g/mol. The van der Waals surface area contributed by atoms with Crippen molar-refractivity contribution in [2.24, 2.45) is 0 Å². The van der Waals surface area contributed by atoms with Gasteiger partial charge in [0.1, 0.15) is 12.4 Å². The maximum absolute atomic E-state index is 12.7. The van der Waals surface area contributed by atoms with Crippen LogP contribution in [0, 0.1) is 0 Å². The summed E-state index contributed by atoms with van der Waals surface area (Å²) in [6.45, 7) is -0.0697. The zero-order chi connectivity index (χ0) is 25.9. The Morgan fingerprint density at radius 2 is 1.78 bits per heavy atom. The van der Waals surface area contributed by atoms with Gasteiger partial charge in [-0.1, -0.05) is 24.3 Å². The molecule has 0 bridgehead atoms. The van der Waals surface area contributed by atoms with Crippen LogP contribution in [0.5, 0.6) is 17.2 Å². The van der Waals surface area contributed by atoms with Crippen molar-refractivity contribution in [3.63, 3.8) is 0 Å². The van der Waals surface area contributed by atoms with Crippen molar-refractivity contribution in [1.29, 1.82) is 0 Å². The Morgan fingerprint density at radius 1 is 1.03 bits per heavy atom. The maximum atomic E-state index is 12.7. The molecule has 2 N–H and O–H groups in total. The number of aromatic nitrogens is 2. The SMILES string of the molecule is COc1cc(-c2nc(NC(=O)OCC3=CCCCC3=O)cc3c2[nH]c2ccccc23)cc(OC)c1OC. The molecule has 2 aromatic heterocycles. The summed E-state index contributed by atoms with van der Waals surface area (Å²) in [4.78, 5) is 32.9. The second-order valence-corrected chi connectivity index (χ2v) is 8.61. The van der Waals surface area contributed by atoms with Gasteiger partial charge in [-0.05, 0) is 37.1 Å². The first-order valence-electron chi connectivity index (χ1n) is 11.9. The van der Waals surface area contributed by atoms with Crippen molar-refractivity contribution in [1.82, 2.24) is 9.97 Å². The number of rotatable bonds is 7. The molecule has 9 heteroatoms. The number of nitrogens with zero attached hydrogens (tertiary/aromatic N) is 1. The van der Waals surface area contributed by atoms with Gasteiger partial charge in [0.25, 0.3) is 0 Å². The third kappa shape index (κ3) is 4.67. The van der Waals surface area contributed by atoms with Gasteiger partial charge < -0.3 is 23.9 Å². The van der Waals surface area contributed by atoms with Crippen LogP contribution >= 0.6 is 0 Å². The average molecular weight is 502 g/mol. The largest absolute Gasteiger partial charge is 0.493 e. The third-order valence-electron chi connectivity index (χ3n) is 6.38. The Hall–Kier alpha value is -4.53. The predicted octanol–water partition coefficient (Wildman–Crippen LogP) is 5.64. The van der Waals surface area contributed by atoms with E-state index in [0.29, 0.717) is 46.3 Å². The molecule has 4 aromatic rings. The van der Waals surface area contributed by atoms with Crippen molar-refractivity contribution in [3.05, 3.63) is 54.1 Å². The maximum Gasteiger partial charge on any atom is 0.413 e. The molecule has 9 nitrogen and oxygen atoms in total. The van der Waals surface area contributed by atoms with Gasteiger partial charge in [0.05, 0.1) is 32.5 Å². The van der Waals surface area contributed by atoms with Gasteiger partial charge in [-0.25, -0.2) is 9.78 Å². The number of methoxy groups -OCH3 is 3. The van der Waals surface area contributed by atoms with E-state index in [1.54, 1.807) is 39.5 Å². The van der Waals surface area contributed by atoms with Gasteiger partial charge >= 0.3 is 6.09 Å². The molecule has 0 aliphatic heterocycles. The zero-order valence-electron chi connectivity index (χ0n) is 20.8. The molecular formula is C28H27N3O6. The number of amides is 1. The first kappa shape index (κ1) is 24.2. The smallest absolute Gasteiger partial charge is 0.413 e. The van der Waals surface area contributed by atoms with Gasteiger partial charge in [0, 0.05) is 33.8 Å². The number of carbonyl (C=O) groups is 2. The van der Waals surface area contributed by atoms with E-state index in [-0.39, 0.29) is 12.4 Å². The van der Waals surface area contributed by atoms with Crippen molar-refractivity contribution in [2.45, 2.75) is 19.3 Å². The Kier molecular flexibility index (Phi) is 6.68. The minimum Gasteiger partial charge on any atom is -0.493 e. The van der Waals surface area contributed by atoms with Gasteiger partial charge in [-0.3, -0.25) is 10.1 Å². The summed E-state index contributed by atoms with van der Waals surface area (Å²) in [5.41, 5.74) is 3.51. The number of pyridine rings is 1. The number of fused-ring (bicyclic) bond motifs is 3. The lowest BCUT2D eigenvalue weighted by atomic mass is 9.99. The molecule has 0 atom stereocenters. The number of para-hydroxylation sites is 1. The Morgan fingerprint density at radius 3 is 2.49 bits per heavy atom. The number of hydrogen-bond donors (Lipinski definition) is 2. The van der Waals surface area contributed by atoms with Crippen molar-refractivity contribution >= 4 is 39.5 Å². The lowest BCUT2D eigenvalue weighted by Crippen LogP contribution is -2.19. The number of benzene rings is 2. The monoisotopic (exact) mass is 501 g/mol. The summed E-state index contributed by atoms with van der Waals surface area (Å²) in [5, 5.41) is 4.57. The number of ketones is 1. The van der Waals surface area contributed by atoms with Crippen LogP contribution in [-0.2, 0) is 9.53 Å². The molecule has 1 amide bonds. The van der Waals surface area contributed by atoms with Gasteiger partial charge in [0.15, 0.2) is 17.3 Å². The highest BCUT2D eigenvalue weighted by molar-refractivity contribution is 6.12. The lowest BCUT2D eigenvalue weighted by Gasteiger charge is -2.15. The number of ether oxygens (including phenoxy) is 4. The number of hydrogen-bond acceptors (Lipinski definition) is 7. The van der Waals surface area contributed by atoms with Gasteiger partial charge in [0.2, 0.25) is 5.75 Å². The van der Waals surface area contributed by atoms with Crippen molar-refractivity contribution in [3.8, 4) is 28.5 Å². The summed E-state index contributed by atoms with van der Waals surface area (Å²) in [7, 11) is 4.64. The molecule has 0 radical (unpaired) electrons. The van der Waals surface area contributed by atoms with E-state index in [1.807, 2.05) is 30.3 Å². The minimum absolute atomic E-state index is 0.0158. The van der Waals surface area contributed by atoms with Gasteiger partial charge in [-0.15, -0.1) is 0 Å². The van der Waals surface area contributed by atoms with Crippen molar-refractivity contribution < 1.29 is 28.5 Å². The number of anilines is 1. The molecule has 2 aromatic carbocycles. The molecule has 5 rings (SSSR count). The fourth-order valence-electron chi connectivity index (χ4n) is 4.57. The van der Waals surface area contributed by atoms with Crippen LogP contribution in [0.15, 0.2) is 54.1 Å². The average Bonchev–Trinajstić information content (AvgIpc) is 3.30. The number of H-pyrrole nitrogens is 1. The minimum atomic E-state index is -0.693. The highest BCUT2D eigenvalue weighted by Gasteiger charge is 2.20. The van der Waals surface area contributed by atoms with E-state index in [1.165, 1.54) is 0 Å². The fraction of sp³-hybridized carbons (Fsp3) is 0.250. The molecule has 0 spiro atoms. The highest BCUT2D eigenvalue weighted by atomic mass is 16.5. The summed E-state index contributed by atoms with van der Waals surface area (Å²) in [5.74, 6) is 1.74. The van der Waals surface area contributed by atoms with Crippen LogP contribution in [0.4, 0.5) is 10.6 Å². The van der Waals surface area contributed by atoms with E-state index in [0.717, 1.165) is 34.6 Å². The molecule has 0 saturated carbocycles. The summed E-state index contributed by atoms with van der Waals surface area (Å²) in [6, 6.07) is 13.3. The number of allylic oxidation sites excluding steroid dienone is 1. The second kappa shape index (κ2) is 10.2. The molecule has 2 heterocycles. The van der Waals surface area contributed by atoms with Crippen LogP contribution in [0.2, 0.25) is 0 Å². The quantitative estimate of drug-likeness (QED) is 0.337. The number of Topliss-reactive ketones (excluding diaryl/α,β-unsaturated/α-hetero) is 1. The Labute approximate surface area is 213 Å². The van der Waals surface area contributed by atoms with Crippen LogP contribution in [-0.4, -0.2) is 49.8 Å². The number of carbonyl (C=O) groups excluding carboxylic acids is 2. The molecule has 37 heavy (non-hydrogen) atoms. The molecule has 0 unspecified atom stereocenters. The zero-order valence-corrected chi connectivity index (χ0v) is 20.8. The summed E-state index contributed by atoms with van der Waals surface area (Å²) < 4.78 is 21.9. The van der Waals surface area contributed by atoms with Crippen LogP contribution in [0.25, 0.3) is 33.1 Å². The standard InChI is InChI=1S/C28H27N3O6/c1-34-22-12-17(13-23(35-2)27(22)36-3)25-26-19(18-9-5-6-10-20(18)29-26)14-24(30-25)31-28(33)37-15-16-8-4-7-11-21(16)32/h5-6,8-10,12-14,29H,4,7,11,15H2,1-3H3,(H,30,31,33).